The Bertz CT molecular complexity index is 1150. The fraction of sp³-hybridized carbons (Fsp3) is 0.161. The summed E-state index contributed by atoms with van der Waals surface area (Å²) in [6.07, 6.45) is 4.55. The van der Waals surface area contributed by atoms with E-state index in [-0.39, 0.29) is 11.6 Å². The van der Waals surface area contributed by atoms with Crippen LogP contribution in [0, 0.1) is 17.7 Å². The number of nitrogens with one attached hydrogen (secondary N) is 2. The minimum Gasteiger partial charge on any atom is -0.508 e. The van der Waals surface area contributed by atoms with Gasteiger partial charge in [0.25, 0.3) is 0 Å². The summed E-state index contributed by atoms with van der Waals surface area (Å²) in [7, 11) is 0. The number of hydrogen-bond donors (Lipinski definition) is 5. The third-order valence-corrected chi connectivity index (χ3v) is 4.84. The first kappa shape index (κ1) is 31.8. The second-order valence-corrected chi connectivity index (χ2v) is 7.63. The van der Waals surface area contributed by atoms with E-state index >= 15 is 0 Å². The number of benzene rings is 3. The lowest BCUT2D eigenvalue weighted by molar-refractivity contribution is 0.468. The lowest BCUT2D eigenvalue weighted by Crippen LogP contribution is -2.10. The molecule has 5 nitrogen and oxygen atoms in total. The largest absolute Gasteiger partial charge is 0.508 e. The van der Waals surface area contributed by atoms with E-state index in [0.717, 1.165) is 11.1 Å². The fourth-order valence-corrected chi connectivity index (χ4v) is 3.16. The van der Waals surface area contributed by atoms with Gasteiger partial charge in [-0.15, -0.1) is 0 Å². The van der Waals surface area contributed by atoms with Gasteiger partial charge in [0.1, 0.15) is 11.6 Å². The topological polar surface area (TPSA) is 120 Å². The third-order valence-electron chi connectivity index (χ3n) is 4.84. The van der Waals surface area contributed by atoms with Crippen molar-refractivity contribution in [3.63, 3.8) is 0 Å². The minimum absolute atomic E-state index is 0.0718. The number of aryl methyl sites for hydroxylation is 1. The van der Waals surface area contributed by atoms with E-state index in [0.29, 0.717) is 12.1 Å². The van der Waals surface area contributed by atoms with Crippen LogP contribution in [0.4, 0.5) is 0 Å². The van der Waals surface area contributed by atoms with Crippen molar-refractivity contribution in [2.24, 2.45) is 11.5 Å². The molecular formula is C31H40N4O. The Kier molecular flexibility index (Phi) is 16.0. The second kappa shape index (κ2) is 18.2. The highest BCUT2D eigenvalue weighted by molar-refractivity contribution is 5.96. The molecule has 0 aromatic heterocycles. The fourth-order valence-electron chi connectivity index (χ4n) is 3.16. The van der Waals surface area contributed by atoms with Gasteiger partial charge in [0.2, 0.25) is 0 Å². The first-order valence-corrected chi connectivity index (χ1v) is 11.5. The molecule has 0 amide bonds. The second-order valence-electron chi connectivity index (χ2n) is 7.63. The van der Waals surface area contributed by atoms with Gasteiger partial charge >= 0.3 is 0 Å². The van der Waals surface area contributed by atoms with Gasteiger partial charge in [0, 0.05) is 17.7 Å². The molecule has 0 radical (unpaired) electrons. The van der Waals surface area contributed by atoms with E-state index in [1.165, 1.54) is 28.5 Å². The van der Waals surface area contributed by atoms with Gasteiger partial charge in [-0.05, 0) is 62.2 Å². The monoisotopic (exact) mass is 484 g/mol. The van der Waals surface area contributed by atoms with Crippen LogP contribution in [0.5, 0.6) is 5.75 Å². The van der Waals surface area contributed by atoms with Crippen molar-refractivity contribution in [3.05, 3.63) is 120 Å². The van der Waals surface area contributed by atoms with E-state index < -0.39 is 0 Å². The molecule has 3 rings (SSSR count). The van der Waals surface area contributed by atoms with E-state index in [1.807, 2.05) is 19.1 Å². The number of phenols is 1. The average molecular weight is 485 g/mol. The van der Waals surface area contributed by atoms with Crippen LogP contribution >= 0.6 is 0 Å². The van der Waals surface area contributed by atoms with Crippen molar-refractivity contribution >= 4 is 17.6 Å². The van der Waals surface area contributed by atoms with Crippen LogP contribution in [0.25, 0.3) is 16.7 Å². The third kappa shape index (κ3) is 11.3. The molecule has 0 spiro atoms. The van der Waals surface area contributed by atoms with Crippen LogP contribution in [0.1, 0.15) is 37.5 Å². The van der Waals surface area contributed by atoms with Crippen LogP contribution in [-0.4, -0.2) is 17.2 Å². The predicted molar refractivity (Wildman–Crippen MR) is 158 cm³/mol. The zero-order chi connectivity index (χ0) is 27.5. The standard InChI is InChI=1S/C16H16.C7H9NO.C6H10N2.C2H5N/c1-12(2)16-13(3)8-7-11-15(16)14-9-5-4-6-10-14;8-5-6-3-1-2-4-7(6)9;1-3-5(4-2)6(7)8;1-2-3/h4-11H,1H2,2-3H3;1-4,9H,5,8H2;3-4H,1H2,2H3,(H3,7,8);2-3H,1H3/b;;5-4+;. The number of amidine groups is 1. The summed E-state index contributed by atoms with van der Waals surface area (Å²) in [6, 6.07) is 23.9. The Balaban J connectivity index is 0.000000523. The molecule has 0 aliphatic carbocycles. The molecule has 0 bridgehead atoms. The number of aromatic hydroxyl groups is 1. The van der Waals surface area contributed by atoms with Gasteiger partial charge in [-0.25, -0.2) is 0 Å². The number of rotatable bonds is 5. The van der Waals surface area contributed by atoms with Crippen LogP contribution in [0.3, 0.4) is 0 Å². The van der Waals surface area contributed by atoms with Crippen LogP contribution in [0.2, 0.25) is 0 Å². The number of phenolic OH excluding ortho intramolecular Hbond substituents is 1. The maximum atomic E-state index is 9.03. The molecule has 7 N–H and O–H groups in total. The molecule has 0 fully saturated rings. The SMILES string of the molecule is C=C(C)c1c(C)cccc1-c1ccccc1.C=C/C(=C\C)C(=N)N.CC=N.NCc1ccccc1O. The summed E-state index contributed by atoms with van der Waals surface area (Å²) >= 11 is 0. The Labute approximate surface area is 216 Å². The zero-order valence-electron chi connectivity index (χ0n) is 21.9. The molecular weight excluding hydrogens is 444 g/mol. The van der Waals surface area contributed by atoms with Crippen LogP contribution < -0.4 is 11.5 Å². The molecule has 0 saturated carbocycles. The van der Waals surface area contributed by atoms with E-state index in [4.69, 9.17) is 27.4 Å². The quantitative estimate of drug-likeness (QED) is 0.149. The summed E-state index contributed by atoms with van der Waals surface area (Å²) in [6.45, 7) is 15.6. The minimum atomic E-state index is 0.0718. The number of para-hydroxylation sites is 1. The summed E-state index contributed by atoms with van der Waals surface area (Å²) < 4.78 is 0. The van der Waals surface area contributed by atoms with Crippen molar-refractivity contribution < 1.29 is 5.11 Å². The van der Waals surface area contributed by atoms with Gasteiger partial charge in [-0.3, -0.25) is 5.41 Å². The van der Waals surface area contributed by atoms with Crippen molar-refractivity contribution in [3.8, 4) is 16.9 Å². The van der Waals surface area contributed by atoms with Gasteiger partial charge in [-0.2, -0.15) is 0 Å². The van der Waals surface area contributed by atoms with Gasteiger partial charge in [-0.1, -0.05) is 97.6 Å². The predicted octanol–water partition coefficient (Wildman–Crippen LogP) is 7.26. The molecule has 3 aromatic rings. The Morgan fingerprint density at radius 2 is 1.53 bits per heavy atom. The number of allylic oxidation sites excluding steroid dienone is 2. The highest BCUT2D eigenvalue weighted by Gasteiger charge is 2.07. The molecule has 0 heterocycles. The highest BCUT2D eigenvalue weighted by Crippen LogP contribution is 2.30. The summed E-state index contributed by atoms with van der Waals surface area (Å²) in [5.74, 6) is 0.350. The van der Waals surface area contributed by atoms with E-state index in [2.05, 4.69) is 69.5 Å². The van der Waals surface area contributed by atoms with E-state index in [9.17, 15) is 0 Å². The lowest BCUT2D eigenvalue weighted by Gasteiger charge is -2.12. The Morgan fingerprint density at radius 3 is 1.92 bits per heavy atom. The average Bonchev–Trinajstić information content (AvgIpc) is 2.86. The van der Waals surface area contributed by atoms with Gasteiger partial charge in [0.15, 0.2) is 0 Å². The van der Waals surface area contributed by atoms with Crippen LogP contribution in [-0.2, 0) is 6.54 Å². The molecule has 190 valence electrons. The normalized spacial score (nSPS) is 9.64. The van der Waals surface area contributed by atoms with Crippen molar-refractivity contribution in [1.29, 1.82) is 10.8 Å². The number of hydrogen-bond acceptors (Lipinski definition) is 4. The van der Waals surface area contributed by atoms with E-state index in [1.54, 1.807) is 37.3 Å². The molecule has 0 unspecified atom stereocenters. The van der Waals surface area contributed by atoms with Crippen LogP contribution in [0.15, 0.2) is 104 Å². The summed E-state index contributed by atoms with van der Waals surface area (Å²) in [5, 5.41) is 22.0. The van der Waals surface area contributed by atoms with Crippen molar-refractivity contribution in [2.75, 3.05) is 0 Å². The Hall–Kier alpha value is -4.22. The molecule has 0 saturated heterocycles. The molecule has 0 aliphatic heterocycles. The molecule has 5 heteroatoms. The van der Waals surface area contributed by atoms with Crippen molar-refractivity contribution in [2.45, 2.75) is 34.2 Å². The summed E-state index contributed by atoms with van der Waals surface area (Å²) in [4.78, 5) is 0. The van der Waals surface area contributed by atoms with Crippen molar-refractivity contribution in [1.82, 2.24) is 0 Å². The zero-order valence-corrected chi connectivity index (χ0v) is 21.9. The molecule has 36 heavy (non-hydrogen) atoms. The Morgan fingerprint density at radius 1 is 0.972 bits per heavy atom. The maximum absolute atomic E-state index is 9.03. The summed E-state index contributed by atoms with van der Waals surface area (Å²) in [5.41, 5.74) is 18.1. The number of nitrogens with two attached hydrogens (primary N) is 2. The maximum Gasteiger partial charge on any atom is 0.122 e. The molecule has 0 aliphatic rings. The molecule has 3 aromatic carbocycles. The first-order chi connectivity index (χ1) is 17.2. The first-order valence-electron chi connectivity index (χ1n) is 11.5. The lowest BCUT2D eigenvalue weighted by atomic mass is 9.92. The smallest absolute Gasteiger partial charge is 0.122 e. The highest BCUT2D eigenvalue weighted by atomic mass is 16.3. The van der Waals surface area contributed by atoms with Gasteiger partial charge in [0.05, 0.1) is 0 Å². The molecule has 0 atom stereocenters. The van der Waals surface area contributed by atoms with Gasteiger partial charge < -0.3 is 22.0 Å².